The quantitative estimate of drug-likeness (QED) is 0.508. The predicted octanol–water partition coefficient (Wildman–Crippen LogP) is 3.56. The van der Waals surface area contributed by atoms with Crippen LogP contribution < -0.4 is 10.6 Å². The van der Waals surface area contributed by atoms with E-state index in [1.165, 1.54) is 24.1 Å². The molecular weight excluding hydrogens is 296 g/mol. The van der Waals surface area contributed by atoms with Crippen LogP contribution in [0.4, 0.5) is 0 Å². The molecule has 1 atom stereocenters. The Bertz CT molecular complexity index is 480. The van der Waals surface area contributed by atoms with Crippen molar-refractivity contribution in [2.24, 2.45) is 4.99 Å². The number of rotatable bonds is 10. The lowest BCUT2D eigenvalue weighted by atomic mass is 10.1. The number of aryl methyl sites for hydroxylation is 1. The van der Waals surface area contributed by atoms with Crippen LogP contribution in [0.15, 0.2) is 29.3 Å². The Morgan fingerprint density at radius 3 is 2.58 bits per heavy atom. The summed E-state index contributed by atoms with van der Waals surface area (Å²) in [5.74, 6) is 0.911. The standard InChI is InChI=1S/C20H36N4/c1-6-21-20(22-16-19-13-9-11-17(4)15-19)23-18(5)12-10-14-24(7-2)8-3/h9,11,13,15,18H,6-8,10,12,14,16H2,1-5H3,(H2,21,22,23). The van der Waals surface area contributed by atoms with Gasteiger partial charge in [0.15, 0.2) is 5.96 Å². The van der Waals surface area contributed by atoms with Crippen LogP contribution in [0.1, 0.15) is 51.7 Å². The second kappa shape index (κ2) is 11.9. The molecule has 0 saturated heterocycles. The first kappa shape index (κ1) is 20.5. The van der Waals surface area contributed by atoms with E-state index in [1.807, 2.05) is 0 Å². The summed E-state index contributed by atoms with van der Waals surface area (Å²) in [5.41, 5.74) is 2.53. The van der Waals surface area contributed by atoms with Gasteiger partial charge >= 0.3 is 0 Å². The highest BCUT2D eigenvalue weighted by Gasteiger charge is 2.06. The van der Waals surface area contributed by atoms with Crippen molar-refractivity contribution in [3.63, 3.8) is 0 Å². The second-order valence-corrected chi connectivity index (χ2v) is 6.40. The van der Waals surface area contributed by atoms with Crippen molar-refractivity contribution in [2.75, 3.05) is 26.2 Å². The Kier molecular flexibility index (Phi) is 10.2. The van der Waals surface area contributed by atoms with Gasteiger partial charge in [-0.1, -0.05) is 43.7 Å². The van der Waals surface area contributed by atoms with Crippen molar-refractivity contribution in [1.29, 1.82) is 0 Å². The molecule has 0 saturated carbocycles. The number of nitrogens with zero attached hydrogens (tertiary/aromatic N) is 2. The molecule has 2 N–H and O–H groups in total. The van der Waals surface area contributed by atoms with Crippen LogP contribution in [0.2, 0.25) is 0 Å². The van der Waals surface area contributed by atoms with Crippen LogP contribution in [0, 0.1) is 6.92 Å². The van der Waals surface area contributed by atoms with E-state index < -0.39 is 0 Å². The van der Waals surface area contributed by atoms with Crippen LogP contribution in [0.25, 0.3) is 0 Å². The maximum atomic E-state index is 4.72. The molecule has 0 bridgehead atoms. The summed E-state index contributed by atoms with van der Waals surface area (Å²) in [6.07, 6.45) is 2.37. The fourth-order valence-electron chi connectivity index (χ4n) is 2.77. The van der Waals surface area contributed by atoms with Gasteiger partial charge in [-0.15, -0.1) is 0 Å². The Labute approximate surface area is 148 Å². The van der Waals surface area contributed by atoms with Crippen molar-refractivity contribution in [1.82, 2.24) is 15.5 Å². The third-order valence-corrected chi connectivity index (χ3v) is 4.24. The van der Waals surface area contributed by atoms with Crippen molar-refractivity contribution in [2.45, 2.75) is 60.0 Å². The number of aliphatic imine (C=N–C) groups is 1. The normalized spacial score (nSPS) is 13.2. The molecule has 24 heavy (non-hydrogen) atoms. The SMILES string of the molecule is CCNC(=NCc1cccc(C)c1)NC(C)CCCN(CC)CC. The minimum atomic E-state index is 0.427. The van der Waals surface area contributed by atoms with E-state index in [1.54, 1.807) is 0 Å². The number of hydrogen-bond donors (Lipinski definition) is 2. The summed E-state index contributed by atoms with van der Waals surface area (Å²) in [6.45, 7) is 16.0. The minimum Gasteiger partial charge on any atom is -0.357 e. The highest BCUT2D eigenvalue weighted by atomic mass is 15.2. The zero-order chi connectivity index (χ0) is 17.8. The zero-order valence-electron chi connectivity index (χ0n) is 16.2. The van der Waals surface area contributed by atoms with Gasteiger partial charge in [0.25, 0.3) is 0 Å². The van der Waals surface area contributed by atoms with Gasteiger partial charge in [0.05, 0.1) is 6.54 Å². The maximum Gasteiger partial charge on any atom is 0.191 e. The molecule has 1 aromatic rings. The van der Waals surface area contributed by atoms with E-state index in [0.29, 0.717) is 12.6 Å². The molecule has 0 radical (unpaired) electrons. The monoisotopic (exact) mass is 332 g/mol. The molecule has 1 rings (SSSR count). The number of benzene rings is 1. The smallest absolute Gasteiger partial charge is 0.191 e. The summed E-state index contributed by atoms with van der Waals surface area (Å²) < 4.78 is 0. The minimum absolute atomic E-state index is 0.427. The first-order valence-corrected chi connectivity index (χ1v) is 9.41. The fourth-order valence-corrected chi connectivity index (χ4v) is 2.77. The fraction of sp³-hybridized carbons (Fsp3) is 0.650. The van der Waals surface area contributed by atoms with Crippen LogP contribution in [0.5, 0.6) is 0 Å². The summed E-state index contributed by atoms with van der Waals surface area (Å²) >= 11 is 0. The molecule has 136 valence electrons. The second-order valence-electron chi connectivity index (χ2n) is 6.40. The van der Waals surface area contributed by atoms with Crippen LogP contribution >= 0.6 is 0 Å². The summed E-state index contributed by atoms with van der Waals surface area (Å²) in [5, 5.41) is 6.88. The molecule has 0 spiro atoms. The lowest BCUT2D eigenvalue weighted by Crippen LogP contribution is -2.42. The lowest BCUT2D eigenvalue weighted by molar-refractivity contribution is 0.292. The zero-order valence-corrected chi connectivity index (χ0v) is 16.2. The number of guanidine groups is 1. The highest BCUT2D eigenvalue weighted by molar-refractivity contribution is 5.80. The molecule has 0 heterocycles. The van der Waals surface area contributed by atoms with Gasteiger partial charge in [-0.3, -0.25) is 0 Å². The Morgan fingerprint density at radius 1 is 1.21 bits per heavy atom. The van der Waals surface area contributed by atoms with Gasteiger partial charge < -0.3 is 15.5 Å². The largest absolute Gasteiger partial charge is 0.357 e. The topological polar surface area (TPSA) is 39.7 Å². The molecule has 4 heteroatoms. The van der Waals surface area contributed by atoms with Gasteiger partial charge in [0, 0.05) is 12.6 Å². The first-order valence-electron chi connectivity index (χ1n) is 9.41. The van der Waals surface area contributed by atoms with Crippen LogP contribution in [-0.4, -0.2) is 43.1 Å². The molecule has 0 aliphatic rings. The van der Waals surface area contributed by atoms with Crippen LogP contribution in [-0.2, 0) is 6.54 Å². The molecule has 1 unspecified atom stereocenters. The van der Waals surface area contributed by atoms with E-state index in [4.69, 9.17) is 4.99 Å². The van der Waals surface area contributed by atoms with Crippen molar-refractivity contribution in [3.05, 3.63) is 35.4 Å². The number of nitrogens with one attached hydrogen (secondary N) is 2. The predicted molar refractivity (Wildman–Crippen MR) is 106 cm³/mol. The van der Waals surface area contributed by atoms with Gasteiger partial charge in [-0.2, -0.15) is 0 Å². The first-order chi connectivity index (χ1) is 11.6. The molecule has 0 fully saturated rings. The van der Waals surface area contributed by atoms with E-state index in [2.05, 4.69) is 74.4 Å². The maximum absolute atomic E-state index is 4.72. The summed E-state index contributed by atoms with van der Waals surface area (Å²) in [4.78, 5) is 7.20. The summed E-state index contributed by atoms with van der Waals surface area (Å²) in [7, 11) is 0. The summed E-state index contributed by atoms with van der Waals surface area (Å²) in [6, 6.07) is 8.97. The molecule has 4 nitrogen and oxygen atoms in total. The highest BCUT2D eigenvalue weighted by Crippen LogP contribution is 2.05. The van der Waals surface area contributed by atoms with Gasteiger partial charge in [-0.25, -0.2) is 4.99 Å². The van der Waals surface area contributed by atoms with Crippen molar-refractivity contribution in [3.8, 4) is 0 Å². The molecular formula is C20H36N4. The van der Waals surface area contributed by atoms with E-state index in [9.17, 15) is 0 Å². The van der Waals surface area contributed by atoms with E-state index >= 15 is 0 Å². The van der Waals surface area contributed by atoms with E-state index in [-0.39, 0.29) is 0 Å². The van der Waals surface area contributed by atoms with Crippen molar-refractivity contribution < 1.29 is 0 Å². The molecule has 0 aromatic heterocycles. The van der Waals surface area contributed by atoms with Gasteiger partial charge in [0.1, 0.15) is 0 Å². The average molecular weight is 333 g/mol. The van der Waals surface area contributed by atoms with Gasteiger partial charge in [0.2, 0.25) is 0 Å². The van der Waals surface area contributed by atoms with Gasteiger partial charge in [-0.05, 0) is 58.8 Å². The Morgan fingerprint density at radius 2 is 1.96 bits per heavy atom. The molecule has 1 aromatic carbocycles. The Hall–Kier alpha value is -1.55. The van der Waals surface area contributed by atoms with Crippen LogP contribution in [0.3, 0.4) is 0 Å². The molecule has 0 aliphatic carbocycles. The molecule has 0 aliphatic heterocycles. The Balaban J connectivity index is 2.47. The lowest BCUT2D eigenvalue weighted by Gasteiger charge is -2.21. The van der Waals surface area contributed by atoms with E-state index in [0.717, 1.165) is 32.0 Å². The third-order valence-electron chi connectivity index (χ3n) is 4.24. The average Bonchev–Trinajstić information content (AvgIpc) is 2.57. The molecule has 0 amide bonds. The van der Waals surface area contributed by atoms with Crippen molar-refractivity contribution >= 4 is 5.96 Å². The third kappa shape index (κ3) is 8.34. The number of hydrogen-bond acceptors (Lipinski definition) is 2.